The average molecular weight is 420 g/mol. The van der Waals surface area contributed by atoms with Gasteiger partial charge in [-0.3, -0.25) is 10.1 Å². The molecule has 1 unspecified atom stereocenters. The van der Waals surface area contributed by atoms with Crippen molar-refractivity contribution in [3.05, 3.63) is 73.2 Å². The van der Waals surface area contributed by atoms with E-state index in [4.69, 9.17) is 11.6 Å². The average Bonchev–Trinajstić information content (AvgIpc) is 2.42. The summed E-state index contributed by atoms with van der Waals surface area (Å²) in [5.41, 5.74) is 2.09. The maximum atomic E-state index is 10.6. The second-order valence-electron chi connectivity index (χ2n) is 4.26. The van der Waals surface area contributed by atoms with Crippen LogP contribution in [-0.4, -0.2) is 4.92 Å². The van der Waals surface area contributed by atoms with E-state index in [-0.39, 0.29) is 10.5 Å². The van der Waals surface area contributed by atoms with Crippen LogP contribution in [0.4, 0.5) is 5.69 Å². The van der Waals surface area contributed by atoms with E-state index < -0.39 is 4.92 Å². The Morgan fingerprint density at radius 3 is 2.45 bits per heavy atom. The Bertz CT molecular complexity index is 632. The molecule has 2 rings (SSSR count). The van der Waals surface area contributed by atoms with Gasteiger partial charge in [-0.25, -0.2) is 0 Å². The molecule has 0 bridgehead atoms. The molecule has 1 atom stereocenters. The van der Waals surface area contributed by atoms with Gasteiger partial charge in [0.15, 0.2) is 0 Å². The molecule has 20 heavy (non-hydrogen) atoms. The lowest BCUT2D eigenvalue weighted by Gasteiger charge is -2.12. The van der Waals surface area contributed by atoms with Crippen molar-refractivity contribution >= 4 is 49.1 Å². The van der Waals surface area contributed by atoms with E-state index in [1.807, 2.05) is 18.2 Å². The van der Waals surface area contributed by atoms with Crippen molar-refractivity contribution in [3.63, 3.8) is 0 Å². The van der Waals surface area contributed by atoms with E-state index in [9.17, 15) is 10.1 Å². The second-order valence-corrected chi connectivity index (χ2v) is 6.69. The van der Waals surface area contributed by atoms with E-state index >= 15 is 0 Å². The van der Waals surface area contributed by atoms with Gasteiger partial charge < -0.3 is 0 Å². The van der Waals surface area contributed by atoms with Crippen molar-refractivity contribution in [1.29, 1.82) is 0 Å². The molecule has 0 saturated carbocycles. The third-order valence-corrected chi connectivity index (χ3v) is 4.51. The third-order valence-electron chi connectivity index (χ3n) is 2.86. The zero-order chi connectivity index (χ0) is 14.7. The van der Waals surface area contributed by atoms with Crippen molar-refractivity contribution in [2.75, 3.05) is 0 Å². The number of rotatable bonds is 4. The van der Waals surface area contributed by atoms with Crippen molar-refractivity contribution in [2.45, 2.75) is 11.2 Å². The summed E-state index contributed by atoms with van der Waals surface area (Å²) in [6, 6.07) is 12.2. The van der Waals surface area contributed by atoms with Gasteiger partial charge in [-0.2, -0.15) is 0 Å². The van der Waals surface area contributed by atoms with Gasteiger partial charge >= 0.3 is 0 Å². The highest BCUT2D eigenvalue weighted by molar-refractivity contribution is 9.10. The zero-order valence-electron chi connectivity index (χ0n) is 10.2. The van der Waals surface area contributed by atoms with E-state index in [0.29, 0.717) is 11.4 Å². The first-order valence-electron chi connectivity index (χ1n) is 5.79. The Morgan fingerprint density at radius 1 is 1.20 bits per heavy atom. The third kappa shape index (κ3) is 3.81. The minimum absolute atomic E-state index is 0.0500. The van der Waals surface area contributed by atoms with Gasteiger partial charge in [-0.1, -0.05) is 55.6 Å². The molecule has 0 aromatic heterocycles. The largest absolute Gasteiger partial charge is 0.269 e. The number of hydrogen-bond acceptors (Lipinski definition) is 2. The highest BCUT2D eigenvalue weighted by Crippen LogP contribution is 2.34. The molecule has 2 aromatic rings. The number of hydrogen-bond donors (Lipinski definition) is 0. The molecule has 0 N–H and O–H groups in total. The normalized spacial score (nSPS) is 12.2. The lowest BCUT2D eigenvalue weighted by Crippen LogP contribution is -1.97. The summed E-state index contributed by atoms with van der Waals surface area (Å²) in [6.45, 7) is 0. The van der Waals surface area contributed by atoms with Gasteiger partial charge in [0.05, 0.1) is 4.92 Å². The first kappa shape index (κ1) is 15.5. The molecule has 6 heteroatoms. The fourth-order valence-corrected chi connectivity index (χ4v) is 3.34. The van der Waals surface area contributed by atoms with E-state index in [1.165, 1.54) is 12.1 Å². The quantitative estimate of drug-likeness (QED) is 0.363. The van der Waals surface area contributed by atoms with Crippen molar-refractivity contribution in [3.8, 4) is 0 Å². The van der Waals surface area contributed by atoms with Gasteiger partial charge in [0.2, 0.25) is 0 Å². The van der Waals surface area contributed by atoms with Crippen LogP contribution in [-0.2, 0) is 6.42 Å². The van der Waals surface area contributed by atoms with Crippen LogP contribution in [0.25, 0.3) is 0 Å². The number of non-ortho nitro benzene ring substituents is 1. The molecule has 0 fully saturated rings. The molecular weight excluding hydrogens is 409 g/mol. The van der Waals surface area contributed by atoms with Crippen molar-refractivity contribution < 1.29 is 4.92 Å². The number of nitro groups is 1. The molecule has 0 radical (unpaired) electrons. The smallest absolute Gasteiger partial charge is 0.258 e. The van der Waals surface area contributed by atoms with E-state index in [0.717, 1.165) is 15.6 Å². The minimum Gasteiger partial charge on any atom is -0.258 e. The van der Waals surface area contributed by atoms with Gasteiger partial charge in [-0.05, 0) is 35.7 Å². The second kappa shape index (κ2) is 6.70. The first-order valence-corrected chi connectivity index (χ1v) is 7.88. The highest BCUT2D eigenvalue weighted by atomic mass is 79.9. The fourth-order valence-electron chi connectivity index (χ4n) is 1.83. The van der Waals surface area contributed by atoms with Crippen molar-refractivity contribution in [1.82, 2.24) is 0 Å². The van der Waals surface area contributed by atoms with Crippen LogP contribution in [0.2, 0.25) is 5.02 Å². The SMILES string of the molecule is O=[N+]([O-])c1ccc(CC(Br)c2cc(Br)ccc2Cl)cc1. The van der Waals surface area contributed by atoms with Gasteiger partial charge in [-0.15, -0.1) is 0 Å². The summed E-state index contributed by atoms with van der Waals surface area (Å²) < 4.78 is 0.963. The number of benzene rings is 2. The lowest BCUT2D eigenvalue weighted by atomic mass is 10.0. The minimum atomic E-state index is -0.402. The number of nitrogens with zero attached hydrogens (tertiary/aromatic N) is 1. The topological polar surface area (TPSA) is 43.1 Å². The molecule has 104 valence electrons. The Kier molecular flexibility index (Phi) is 5.18. The van der Waals surface area contributed by atoms with Gasteiger partial charge in [0.1, 0.15) is 0 Å². The monoisotopic (exact) mass is 417 g/mol. The molecule has 0 saturated heterocycles. The number of halogens is 3. The van der Waals surface area contributed by atoms with E-state index in [2.05, 4.69) is 31.9 Å². The maximum absolute atomic E-state index is 10.6. The summed E-state index contributed by atoms with van der Waals surface area (Å²) in [5, 5.41) is 11.3. The Hall–Kier alpha value is -0.910. The molecule has 0 amide bonds. The Labute approximate surface area is 138 Å². The predicted octanol–water partition coefficient (Wildman–Crippen LogP) is 5.69. The standard InChI is InChI=1S/C14H10Br2ClNO2/c15-10-3-6-14(17)12(8-10)13(16)7-9-1-4-11(5-2-9)18(19)20/h1-6,8,13H,7H2. The maximum Gasteiger partial charge on any atom is 0.269 e. The molecule has 0 aliphatic carbocycles. The lowest BCUT2D eigenvalue weighted by molar-refractivity contribution is -0.384. The molecule has 0 spiro atoms. The molecule has 0 heterocycles. The summed E-state index contributed by atoms with van der Waals surface area (Å²) in [5.74, 6) is 0. The van der Waals surface area contributed by atoms with Gasteiger partial charge in [0.25, 0.3) is 5.69 Å². The Balaban J connectivity index is 2.16. The fraction of sp³-hybridized carbons (Fsp3) is 0.143. The van der Waals surface area contributed by atoms with Crippen LogP contribution in [0, 0.1) is 10.1 Å². The summed E-state index contributed by atoms with van der Waals surface area (Å²) in [7, 11) is 0. The summed E-state index contributed by atoms with van der Waals surface area (Å²) >= 11 is 13.2. The van der Waals surface area contributed by atoms with Crippen LogP contribution < -0.4 is 0 Å². The summed E-state index contributed by atoms with van der Waals surface area (Å²) in [6.07, 6.45) is 0.703. The summed E-state index contributed by atoms with van der Waals surface area (Å²) in [4.78, 5) is 10.3. The number of nitro benzene ring substituents is 1. The number of alkyl halides is 1. The van der Waals surface area contributed by atoms with Gasteiger partial charge in [0, 0.05) is 26.5 Å². The van der Waals surface area contributed by atoms with Crippen LogP contribution >= 0.6 is 43.5 Å². The predicted molar refractivity (Wildman–Crippen MR) is 87.6 cm³/mol. The molecule has 0 aliphatic heterocycles. The molecule has 2 aromatic carbocycles. The van der Waals surface area contributed by atoms with Crippen LogP contribution in [0.1, 0.15) is 16.0 Å². The van der Waals surface area contributed by atoms with E-state index in [1.54, 1.807) is 12.1 Å². The van der Waals surface area contributed by atoms with Crippen molar-refractivity contribution in [2.24, 2.45) is 0 Å². The first-order chi connectivity index (χ1) is 9.47. The Morgan fingerprint density at radius 2 is 1.85 bits per heavy atom. The van der Waals surface area contributed by atoms with Crippen LogP contribution in [0.5, 0.6) is 0 Å². The molecule has 3 nitrogen and oxygen atoms in total. The van der Waals surface area contributed by atoms with Crippen LogP contribution in [0.15, 0.2) is 46.9 Å². The zero-order valence-corrected chi connectivity index (χ0v) is 14.2. The molecule has 0 aliphatic rings. The molecular formula is C14H10Br2ClNO2. The highest BCUT2D eigenvalue weighted by Gasteiger charge is 2.13. The van der Waals surface area contributed by atoms with Crippen LogP contribution in [0.3, 0.4) is 0 Å².